The number of piperidine rings is 1. The van der Waals surface area contributed by atoms with Crippen molar-refractivity contribution in [3.05, 3.63) is 35.9 Å². The van der Waals surface area contributed by atoms with Gasteiger partial charge in [0.05, 0.1) is 0 Å². The normalized spacial score (nSPS) is 20.9. The summed E-state index contributed by atoms with van der Waals surface area (Å²) in [6.45, 7) is 7.14. The minimum atomic E-state index is 0.178. The van der Waals surface area contributed by atoms with Gasteiger partial charge >= 0.3 is 0 Å². The predicted molar refractivity (Wildman–Crippen MR) is 91.5 cm³/mol. The van der Waals surface area contributed by atoms with Crippen molar-refractivity contribution in [2.24, 2.45) is 5.73 Å². The summed E-state index contributed by atoms with van der Waals surface area (Å²) in [4.78, 5) is 2.66. The molecule has 1 fully saturated rings. The van der Waals surface area contributed by atoms with Gasteiger partial charge in [0.1, 0.15) is 0 Å². The van der Waals surface area contributed by atoms with Crippen molar-refractivity contribution in [3.63, 3.8) is 0 Å². The monoisotopic (exact) mass is 288 g/mol. The van der Waals surface area contributed by atoms with E-state index in [1.165, 1.54) is 44.3 Å². The second-order valence-electron chi connectivity index (χ2n) is 6.74. The smallest absolute Gasteiger partial charge is 0.0329 e. The number of aryl methyl sites for hydroxylation is 1. The first-order valence-corrected chi connectivity index (χ1v) is 8.71. The van der Waals surface area contributed by atoms with Gasteiger partial charge in [0, 0.05) is 11.6 Å². The quantitative estimate of drug-likeness (QED) is 0.822. The first-order chi connectivity index (χ1) is 10.2. The molecule has 2 heteroatoms. The summed E-state index contributed by atoms with van der Waals surface area (Å²) in [5.41, 5.74) is 8.23. The summed E-state index contributed by atoms with van der Waals surface area (Å²) in [6, 6.07) is 11.0. The van der Waals surface area contributed by atoms with Crippen molar-refractivity contribution in [1.82, 2.24) is 4.90 Å². The molecule has 0 saturated carbocycles. The largest absolute Gasteiger partial charge is 0.326 e. The Morgan fingerprint density at radius 1 is 1.14 bits per heavy atom. The van der Waals surface area contributed by atoms with Crippen molar-refractivity contribution >= 4 is 0 Å². The molecule has 1 aromatic rings. The topological polar surface area (TPSA) is 29.3 Å². The Morgan fingerprint density at radius 3 is 2.43 bits per heavy atom. The van der Waals surface area contributed by atoms with Crippen LogP contribution in [-0.4, -0.2) is 29.6 Å². The molecule has 1 heterocycles. The third-order valence-electron chi connectivity index (χ3n) is 5.42. The number of nitrogens with two attached hydrogens (primary N) is 1. The second kappa shape index (κ2) is 7.95. The molecule has 0 aliphatic carbocycles. The maximum atomic E-state index is 6.62. The van der Waals surface area contributed by atoms with Gasteiger partial charge in [-0.1, -0.05) is 43.7 Å². The Hall–Kier alpha value is -0.860. The van der Waals surface area contributed by atoms with Gasteiger partial charge in [-0.15, -0.1) is 0 Å². The summed E-state index contributed by atoms with van der Waals surface area (Å²) in [7, 11) is 0. The zero-order chi connectivity index (χ0) is 15.1. The number of nitrogens with zero attached hydrogens (tertiary/aromatic N) is 1. The van der Waals surface area contributed by atoms with Crippen molar-refractivity contribution in [1.29, 1.82) is 0 Å². The predicted octanol–water partition coefficient (Wildman–Crippen LogP) is 3.99. The van der Waals surface area contributed by atoms with E-state index in [9.17, 15) is 0 Å². The summed E-state index contributed by atoms with van der Waals surface area (Å²) in [5.74, 6) is 0. The highest BCUT2D eigenvalue weighted by Gasteiger charge is 2.36. The van der Waals surface area contributed by atoms with Crippen LogP contribution in [0.1, 0.15) is 57.9 Å². The average molecular weight is 288 g/mol. The Bertz CT molecular complexity index is 397. The molecule has 2 nitrogen and oxygen atoms in total. The number of benzene rings is 1. The van der Waals surface area contributed by atoms with Crippen LogP contribution in [0.15, 0.2) is 30.3 Å². The minimum absolute atomic E-state index is 0.178. The molecule has 118 valence electrons. The van der Waals surface area contributed by atoms with E-state index in [-0.39, 0.29) is 11.6 Å². The Labute approximate surface area is 130 Å². The Morgan fingerprint density at radius 2 is 1.81 bits per heavy atom. The average Bonchev–Trinajstić information content (AvgIpc) is 2.55. The molecule has 0 amide bonds. The van der Waals surface area contributed by atoms with E-state index in [4.69, 9.17) is 5.73 Å². The Balaban J connectivity index is 1.85. The zero-order valence-corrected chi connectivity index (χ0v) is 13.9. The van der Waals surface area contributed by atoms with Gasteiger partial charge in [-0.2, -0.15) is 0 Å². The van der Waals surface area contributed by atoms with Crippen LogP contribution in [0, 0.1) is 0 Å². The molecule has 1 aromatic carbocycles. The Kier molecular flexibility index (Phi) is 6.25. The maximum absolute atomic E-state index is 6.62. The van der Waals surface area contributed by atoms with E-state index in [1.807, 2.05) is 0 Å². The standard InChI is InChI=1S/C19H32N2/c1-3-19(2,21-15-8-5-9-16-21)18(20)14-10-13-17-11-6-4-7-12-17/h4,6-7,11-12,18H,3,5,8-10,13-16,20H2,1-2H3. The fourth-order valence-electron chi connectivity index (χ4n) is 3.61. The zero-order valence-electron chi connectivity index (χ0n) is 13.9. The van der Waals surface area contributed by atoms with E-state index in [2.05, 4.69) is 49.1 Å². The van der Waals surface area contributed by atoms with Gasteiger partial charge in [-0.05, 0) is 64.1 Å². The first kappa shape index (κ1) is 16.5. The third-order valence-corrected chi connectivity index (χ3v) is 5.42. The molecule has 0 aromatic heterocycles. The highest BCUT2D eigenvalue weighted by molar-refractivity contribution is 5.14. The van der Waals surface area contributed by atoms with Crippen LogP contribution < -0.4 is 5.73 Å². The van der Waals surface area contributed by atoms with Gasteiger partial charge in [-0.25, -0.2) is 0 Å². The van der Waals surface area contributed by atoms with Crippen molar-refractivity contribution < 1.29 is 0 Å². The number of hydrogen-bond donors (Lipinski definition) is 1. The molecular weight excluding hydrogens is 256 g/mol. The van der Waals surface area contributed by atoms with Crippen molar-refractivity contribution in [3.8, 4) is 0 Å². The highest BCUT2D eigenvalue weighted by atomic mass is 15.2. The lowest BCUT2D eigenvalue weighted by Crippen LogP contribution is -2.59. The van der Waals surface area contributed by atoms with Gasteiger partial charge in [0.2, 0.25) is 0 Å². The number of rotatable bonds is 7. The number of hydrogen-bond acceptors (Lipinski definition) is 2. The lowest BCUT2D eigenvalue weighted by Gasteiger charge is -2.47. The van der Waals surface area contributed by atoms with E-state index in [0.717, 1.165) is 19.3 Å². The summed E-state index contributed by atoms with van der Waals surface area (Å²) < 4.78 is 0. The molecule has 1 aliphatic heterocycles. The van der Waals surface area contributed by atoms with Gasteiger partial charge in [0.25, 0.3) is 0 Å². The lowest BCUT2D eigenvalue weighted by atomic mass is 9.83. The molecule has 2 rings (SSSR count). The molecule has 2 atom stereocenters. The van der Waals surface area contributed by atoms with Crippen molar-refractivity contribution in [2.75, 3.05) is 13.1 Å². The van der Waals surface area contributed by atoms with Crippen LogP contribution in [0.25, 0.3) is 0 Å². The number of likely N-dealkylation sites (tertiary alicyclic amines) is 1. The van der Waals surface area contributed by atoms with E-state index >= 15 is 0 Å². The van der Waals surface area contributed by atoms with Crippen LogP contribution in [0.5, 0.6) is 0 Å². The molecule has 2 N–H and O–H groups in total. The van der Waals surface area contributed by atoms with E-state index < -0.39 is 0 Å². The van der Waals surface area contributed by atoms with Gasteiger partial charge in [-0.3, -0.25) is 4.90 Å². The molecule has 0 spiro atoms. The van der Waals surface area contributed by atoms with Crippen molar-refractivity contribution in [2.45, 2.75) is 70.4 Å². The summed E-state index contributed by atoms with van der Waals surface area (Å²) in [6.07, 6.45) is 8.68. The van der Waals surface area contributed by atoms with Gasteiger partial charge in [0.15, 0.2) is 0 Å². The van der Waals surface area contributed by atoms with Gasteiger partial charge < -0.3 is 5.73 Å². The first-order valence-electron chi connectivity index (χ1n) is 8.71. The van der Waals surface area contributed by atoms with Crippen LogP contribution >= 0.6 is 0 Å². The summed E-state index contributed by atoms with van der Waals surface area (Å²) in [5, 5.41) is 0. The second-order valence-corrected chi connectivity index (χ2v) is 6.74. The molecule has 0 bridgehead atoms. The third kappa shape index (κ3) is 4.31. The molecule has 2 unspecified atom stereocenters. The fourth-order valence-corrected chi connectivity index (χ4v) is 3.61. The van der Waals surface area contributed by atoms with E-state index in [1.54, 1.807) is 0 Å². The van der Waals surface area contributed by atoms with Crippen LogP contribution in [0.2, 0.25) is 0 Å². The SMILES string of the molecule is CCC(C)(C(N)CCCc1ccccc1)N1CCCCC1. The highest BCUT2D eigenvalue weighted by Crippen LogP contribution is 2.28. The molecular formula is C19H32N2. The van der Waals surface area contributed by atoms with Crippen LogP contribution in [0.4, 0.5) is 0 Å². The molecule has 1 saturated heterocycles. The molecule has 1 aliphatic rings. The molecule has 0 radical (unpaired) electrons. The van der Waals surface area contributed by atoms with E-state index in [0.29, 0.717) is 0 Å². The fraction of sp³-hybridized carbons (Fsp3) is 0.684. The minimum Gasteiger partial charge on any atom is -0.326 e. The lowest BCUT2D eigenvalue weighted by molar-refractivity contribution is 0.0516. The van der Waals surface area contributed by atoms with Crippen LogP contribution in [0.3, 0.4) is 0 Å². The summed E-state index contributed by atoms with van der Waals surface area (Å²) >= 11 is 0. The van der Waals surface area contributed by atoms with Crippen LogP contribution in [-0.2, 0) is 6.42 Å². The molecule has 21 heavy (non-hydrogen) atoms. The maximum Gasteiger partial charge on any atom is 0.0329 e.